The van der Waals surface area contributed by atoms with Gasteiger partial charge in [-0.25, -0.2) is 0 Å². The zero-order valence-corrected chi connectivity index (χ0v) is 33.1. The largest absolute Gasteiger partial charge is 0.394 e. The van der Waals surface area contributed by atoms with Crippen LogP contribution in [0.15, 0.2) is 84.9 Å². The lowest BCUT2D eigenvalue weighted by Crippen LogP contribution is -2.55. The third kappa shape index (κ3) is 13.4. The molecule has 0 spiro atoms. The van der Waals surface area contributed by atoms with Gasteiger partial charge in [0.2, 0.25) is 17.7 Å². The number of rotatable bonds is 21. The second kappa shape index (κ2) is 22.4. The molecular weight excluding hydrogens is 700 g/mol. The summed E-state index contributed by atoms with van der Waals surface area (Å²) in [7, 11) is 0. The fourth-order valence-electron chi connectivity index (χ4n) is 7.19. The molecule has 0 aliphatic heterocycles. The summed E-state index contributed by atoms with van der Waals surface area (Å²) in [5.41, 5.74) is 7.71. The molecular formula is C44H61ClN4O5. The Balaban J connectivity index is 0.00000784. The summed E-state index contributed by atoms with van der Waals surface area (Å²) in [6, 6.07) is 26.7. The second-order valence-corrected chi connectivity index (χ2v) is 15.3. The van der Waals surface area contributed by atoms with Gasteiger partial charge in [-0.2, -0.15) is 0 Å². The standard InChI is InChI=1S/C44H60N4O5.ClH/c1-29(2)23-39(41(50)27-42(51)46-36(28-49)19-9-10-22-45)47-44(53)40(24-30(3)4)48-43(52)35(25-33-17-11-15-31-13-5-7-20-37(31)33)26-34-18-12-16-32-14-6-8-21-38(32)34;/h5-8,11-18,20-21,29-30,35-36,39-41,49-50H,9-10,19,22-28,45H2,1-4H3,(H,46,51)(H,47,53)(H,48,52);1H/t36-,39-,40-,41-;/m0./s1. The maximum Gasteiger partial charge on any atom is 0.242 e. The van der Waals surface area contributed by atoms with E-state index in [1.54, 1.807) is 0 Å². The lowest BCUT2D eigenvalue weighted by molar-refractivity contribution is -0.132. The molecule has 4 atom stereocenters. The van der Waals surface area contributed by atoms with Crippen molar-refractivity contribution in [2.24, 2.45) is 23.5 Å². The molecule has 3 amide bonds. The van der Waals surface area contributed by atoms with E-state index in [1.165, 1.54) is 0 Å². The normalized spacial score (nSPS) is 13.7. The van der Waals surface area contributed by atoms with Gasteiger partial charge in [-0.15, -0.1) is 12.4 Å². The molecule has 0 saturated carbocycles. The molecule has 0 unspecified atom stereocenters. The first-order valence-corrected chi connectivity index (χ1v) is 19.3. The van der Waals surface area contributed by atoms with Crippen molar-refractivity contribution in [1.29, 1.82) is 0 Å². The summed E-state index contributed by atoms with van der Waals surface area (Å²) in [6.07, 6.45) is 2.55. The van der Waals surface area contributed by atoms with Crippen LogP contribution in [0.5, 0.6) is 0 Å². The maximum absolute atomic E-state index is 14.5. The number of amides is 3. The molecule has 9 nitrogen and oxygen atoms in total. The SMILES string of the molecule is CC(C)C[C@H](NC(=O)C(Cc1cccc2ccccc12)Cc1cccc2ccccc12)C(=O)N[C@@H](CC(C)C)[C@@H](O)CC(=O)N[C@H](CO)CCCCN.Cl. The minimum Gasteiger partial charge on any atom is -0.394 e. The number of carbonyl (C=O) groups is 3. The third-order valence-electron chi connectivity index (χ3n) is 9.91. The molecule has 0 saturated heterocycles. The minimum absolute atomic E-state index is 0. The van der Waals surface area contributed by atoms with Crippen molar-refractivity contribution in [2.75, 3.05) is 13.2 Å². The number of hydrogen-bond donors (Lipinski definition) is 6. The van der Waals surface area contributed by atoms with Crippen molar-refractivity contribution in [2.45, 2.75) is 103 Å². The van der Waals surface area contributed by atoms with E-state index < -0.39 is 36.1 Å². The minimum atomic E-state index is -1.16. The number of aliphatic hydroxyl groups excluding tert-OH is 2. The predicted octanol–water partition coefficient (Wildman–Crippen LogP) is 6.24. The predicted molar refractivity (Wildman–Crippen MR) is 221 cm³/mol. The number of fused-ring (bicyclic) bond motifs is 2. The van der Waals surface area contributed by atoms with Gasteiger partial charge in [0.1, 0.15) is 6.04 Å². The van der Waals surface area contributed by atoms with Crippen LogP contribution in [0.4, 0.5) is 0 Å². The van der Waals surface area contributed by atoms with Crippen LogP contribution in [0.2, 0.25) is 0 Å². The third-order valence-corrected chi connectivity index (χ3v) is 9.91. The van der Waals surface area contributed by atoms with Crippen LogP contribution >= 0.6 is 12.4 Å². The van der Waals surface area contributed by atoms with Gasteiger partial charge >= 0.3 is 0 Å². The van der Waals surface area contributed by atoms with Gasteiger partial charge in [0.15, 0.2) is 0 Å². The molecule has 0 heterocycles. The zero-order chi connectivity index (χ0) is 38.3. The van der Waals surface area contributed by atoms with E-state index in [0.717, 1.165) is 45.5 Å². The number of benzene rings is 4. The van der Waals surface area contributed by atoms with Crippen LogP contribution in [0.1, 0.15) is 77.3 Å². The molecule has 294 valence electrons. The number of halogens is 1. The van der Waals surface area contributed by atoms with Gasteiger partial charge < -0.3 is 31.9 Å². The maximum atomic E-state index is 14.5. The first-order valence-electron chi connectivity index (χ1n) is 19.3. The smallest absolute Gasteiger partial charge is 0.242 e. The van der Waals surface area contributed by atoms with Crippen molar-refractivity contribution >= 4 is 51.7 Å². The van der Waals surface area contributed by atoms with Crippen molar-refractivity contribution in [3.63, 3.8) is 0 Å². The molecule has 0 bridgehead atoms. The lowest BCUT2D eigenvalue weighted by Gasteiger charge is -2.30. The van der Waals surface area contributed by atoms with E-state index in [9.17, 15) is 24.6 Å². The Labute approximate surface area is 327 Å². The van der Waals surface area contributed by atoms with Gasteiger partial charge in [0, 0.05) is 5.92 Å². The molecule has 0 aliphatic carbocycles. The first kappa shape index (κ1) is 44.4. The van der Waals surface area contributed by atoms with Crippen LogP contribution in [0.25, 0.3) is 21.5 Å². The second-order valence-electron chi connectivity index (χ2n) is 15.3. The van der Waals surface area contributed by atoms with E-state index >= 15 is 0 Å². The van der Waals surface area contributed by atoms with Crippen molar-refractivity contribution in [3.05, 3.63) is 96.1 Å². The molecule has 7 N–H and O–H groups in total. The van der Waals surface area contributed by atoms with Gasteiger partial charge in [-0.1, -0.05) is 119 Å². The Morgan fingerprint density at radius 3 is 1.74 bits per heavy atom. The Bertz CT molecular complexity index is 1690. The highest BCUT2D eigenvalue weighted by atomic mass is 35.5. The Morgan fingerprint density at radius 1 is 0.685 bits per heavy atom. The average Bonchev–Trinajstić information content (AvgIpc) is 3.13. The molecule has 0 aromatic heterocycles. The van der Waals surface area contributed by atoms with E-state index in [0.29, 0.717) is 38.6 Å². The molecule has 54 heavy (non-hydrogen) atoms. The topological polar surface area (TPSA) is 154 Å². The lowest BCUT2D eigenvalue weighted by atomic mass is 9.87. The van der Waals surface area contributed by atoms with E-state index in [-0.39, 0.29) is 49.1 Å². The molecule has 4 aromatic rings. The van der Waals surface area contributed by atoms with Crippen LogP contribution in [0.3, 0.4) is 0 Å². The molecule has 0 aliphatic rings. The first-order chi connectivity index (χ1) is 25.5. The quantitative estimate of drug-likeness (QED) is 0.0554. The zero-order valence-electron chi connectivity index (χ0n) is 32.3. The molecule has 4 rings (SSSR count). The van der Waals surface area contributed by atoms with Gasteiger partial charge in [0.25, 0.3) is 0 Å². The van der Waals surface area contributed by atoms with Gasteiger partial charge in [0.05, 0.1) is 31.2 Å². The van der Waals surface area contributed by atoms with E-state index in [2.05, 4.69) is 64.5 Å². The summed E-state index contributed by atoms with van der Waals surface area (Å²) in [6.45, 7) is 8.32. The van der Waals surface area contributed by atoms with Crippen molar-refractivity contribution in [1.82, 2.24) is 16.0 Å². The van der Waals surface area contributed by atoms with Gasteiger partial charge in [-0.3, -0.25) is 14.4 Å². The molecule has 0 fully saturated rings. The Morgan fingerprint density at radius 2 is 1.22 bits per heavy atom. The fourth-order valence-corrected chi connectivity index (χ4v) is 7.19. The molecule has 0 radical (unpaired) electrons. The summed E-state index contributed by atoms with van der Waals surface area (Å²) < 4.78 is 0. The average molecular weight is 761 g/mol. The highest BCUT2D eigenvalue weighted by Gasteiger charge is 2.31. The summed E-state index contributed by atoms with van der Waals surface area (Å²) in [4.78, 5) is 41.5. The number of nitrogens with two attached hydrogens (primary N) is 1. The van der Waals surface area contributed by atoms with Crippen LogP contribution in [0, 0.1) is 17.8 Å². The van der Waals surface area contributed by atoms with Crippen LogP contribution in [-0.4, -0.2) is 65.3 Å². The number of unbranched alkanes of at least 4 members (excludes halogenated alkanes) is 1. The summed E-state index contributed by atoms with van der Waals surface area (Å²) in [5, 5.41) is 34.4. The Kier molecular flexibility index (Phi) is 18.4. The number of aliphatic hydroxyl groups is 2. The molecule has 10 heteroatoms. The number of carbonyl (C=O) groups excluding carboxylic acids is 3. The highest BCUT2D eigenvalue weighted by molar-refractivity contribution is 5.91. The highest BCUT2D eigenvalue weighted by Crippen LogP contribution is 2.27. The van der Waals surface area contributed by atoms with Crippen molar-refractivity contribution < 1.29 is 24.6 Å². The van der Waals surface area contributed by atoms with Crippen LogP contribution < -0.4 is 21.7 Å². The van der Waals surface area contributed by atoms with E-state index in [1.807, 2.05) is 64.1 Å². The Hall–Kier alpha value is -4.02. The number of hydrogen-bond acceptors (Lipinski definition) is 6. The fraction of sp³-hybridized carbons (Fsp3) is 0.477. The van der Waals surface area contributed by atoms with E-state index in [4.69, 9.17) is 5.73 Å². The van der Waals surface area contributed by atoms with Crippen LogP contribution in [-0.2, 0) is 27.2 Å². The summed E-state index contributed by atoms with van der Waals surface area (Å²) >= 11 is 0. The summed E-state index contributed by atoms with van der Waals surface area (Å²) in [5.74, 6) is -1.26. The number of nitrogens with one attached hydrogen (secondary N) is 3. The molecule has 4 aromatic carbocycles. The van der Waals surface area contributed by atoms with Gasteiger partial charge in [-0.05, 0) is 89.6 Å². The van der Waals surface area contributed by atoms with Crippen molar-refractivity contribution in [3.8, 4) is 0 Å². The monoisotopic (exact) mass is 760 g/mol.